The van der Waals surface area contributed by atoms with Crippen LogP contribution in [-0.4, -0.2) is 23.8 Å². The molecule has 5 nitrogen and oxygen atoms in total. The lowest BCUT2D eigenvalue weighted by atomic mass is 10.2. The number of hydrogen-bond donors (Lipinski definition) is 1. The van der Waals surface area contributed by atoms with E-state index in [1.807, 2.05) is 0 Å². The molecule has 1 aromatic carbocycles. The molecule has 1 aromatic heterocycles. The largest absolute Gasteiger partial charge is 0.322 e. The van der Waals surface area contributed by atoms with Crippen LogP contribution in [0.1, 0.15) is 17.3 Å². The van der Waals surface area contributed by atoms with E-state index in [1.165, 1.54) is 11.8 Å². The second-order valence-corrected chi connectivity index (χ2v) is 4.31. The van der Waals surface area contributed by atoms with E-state index in [-0.39, 0.29) is 11.8 Å². The summed E-state index contributed by atoms with van der Waals surface area (Å²) in [5.41, 5.74) is 2.00. The Labute approximate surface area is 117 Å². The zero-order valence-corrected chi connectivity index (χ0v) is 11.3. The first-order chi connectivity index (χ1) is 9.58. The van der Waals surface area contributed by atoms with Gasteiger partial charge >= 0.3 is 0 Å². The fourth-order valence-electron chi connectivity index (χ4n) is 1.66. The van der Waals surface area contributed by atoms with Gasteiger partial charge in [0.15, 0.2) is 0 Å². The van der Waals surface area contributed by atoms with Crippen LogP contribution >= 0.6 is 0 Å². The third-order valence-corrected chi connectivity index (χ3v) is 2.93. The maximum atomic E-state index is 11.9. The molecule has 2 rings (SSSR count). The minimum atomic E-state index is -0.194. The van der Waals surface area contributed by atoms with Crippen molar-refractivity contribution in [1.82, 2.24) is 4.98 Å². The summed E-state index contributed by atoms with van der Waals surface area (Å²) in [6.45, 7) is 1.50. The number of pyridine rings is 1. The fraction of sp³-hybridized carbons (Fsp3) is 0.133. The zero-order chi connectivity index (χ0) is 14.5. The molecule has 102 valence electrons. The van der Waals surface area contributed by atoms with E-state index in [0.717, 1.165) is 5.69 Å². The summed E-state index contributed by atoms with van der Waals surface area (Å²) >= 11 is 0. The molecule has 0 aliphatic carbocycles. The summed E-state index contributed by atoms with van der Waals surface area (Å²) in [7, 11) is 1.70. The molecule has 2 amide bonds. The van der Waals surface area contributed by atoms with Gasteiger partial charge in [0, 0.05) is 43.3 Å². The second kappa shape index (κ2) is 5.97. The summed E-state index contributed by atoms with van der Waals surface area (Å²) in [6, 6.07) is 10.4. The van der Waals surface area contributed by atoms with Crippen molar-refractivity contribution in [1.29, 1.82) is 0 Å². The first kappa shape index (κ1) is 13.7. The molecule has 0 saturated heterocycles. The van der Waals surface area contributed by atoms with Crippen LogP contribution in [0, 0.1) is 0 Å². The Morgan fingerprint density at radius 3 is 2.20 bits per heavy atom. The van der Waals surface area contributed by atoms with Crippen molar-refractivity contribution >= 4 is 23.2 Å². The third-order valence-electron chi connectivity index (χ3n) is 2.93. The van der Waals surface area contributed by atoms with E-state index >= 15 is 0 Å². The van der Waals surface area contributed by atoms with E-state index < -0.39 is 0 Å². The van der Waals surface area contributed by atoms with Crippen molar-refractivity contribution in [3.8, 4) is 0 Å². The van der Waals surface area contributed by atoms with E-state index in [4.69, 9.17) is 0 Å². The van der Waals surface area contributed by atoms with Crippen molar-refractivity contribution < 1.29 is 9.59 Å². The normalized spacial score (nSPS) is 9.90. The maximum Gasteiger partial charge on any atom is 0.255 e. The smallest absolute Gasteiger partial charge is 0.255 e. The van der Waals surface area contributed by atoms with Crippen LogP contribution in [-0.2, 0) is 4.79 Å². The fourth-order valence-corrected chi connectivity index (χ4v) is 1.66. The molecule has 1 N–H and O–H groups in total. The lowest BCUT2D eigenvalue weighted by Gasteiger charge is -2.15. The molecule has 5 heteroatoms. The maximum absolute atomic E-state index is 11.9. The van der Waals surface area contributed by atoms with Crippen LogP contribution in [0.4, 0.5) is 11.4 Å². The van der Waals surface area contributed by atoms with Gasteiger partial charge in [-0.05, 0) is 36.4 Å². The number of anilines is 2. The van der Waals surface area contributed by atoms with Gasteiger partial charge in [-0.25, -0.2) is 0 Å². The molecule has 0 bridgehead atoms. The average Bonchev–Trinajstić information content (AvgIpc) is 2.48. The average molecular weight is 269 g/mol. The molecule has 2 aromatic rings. The monoisotopic (exact) mass is 269 g/mol. The molecule has 0 aliphatic rings. The Hall–Kier alpha value is -2.69. The molecular formula is C15H15N3O2. The lowest BCUT2D eigenvalue weighted by Crippen LogP contribution is -2.22. The molecule has 20 heavy (non-hydrogen) atoms. The highest BCUT2D eigenvalue weighted by Gasteiger charge is 2.07. The van der Waals surface area contributed by atoms with Crippen molar-refractivity contribution in [3.05, 3.63) is 54.4 Å². The Morgan fingerprint density at radius 1 is 1.05 bits per heavy atom. The highest BCUT2D eigenvalue weighted by molar-refractivity contribution is 6.04. The summed E-state index contributed by atoms with van der Waals surface area (Å²) in [5, 5.41) is 2.78. The van der Waals surface area contributed by atoms with Gasteiger partial charge in [0.25, 0.3) is 5.91 Å². The van der Waals surface area contributed by atoms with E-state index in [9.17, 15) is 9.59 Å². The van der Waals surface area contributed by atoms with E-state index in [2.05, 4.69) is 10.3 Å². The Kier molecular flexibility index (Phi) is 4.10. The van der Waals surface area contributed by atoms with Crippen molar-refractivity contribution in [2.24, 2.45) is 0 Å². The SMILES string of the molecule is CC(=O)N(C)c1ccc(NC(=O)c2ccncc2)cc1. The molecule has 0 unspecified atom stereocenters. The first-order valence-corrected chi connectivity index (χ1v) is 6.13. The van der Waals surface area contributed by atoms with Crippen LogP contribution in [0.2, 0.25) is 0 Å². The number of nitrogens with zero attached hydrogens (tertiary/aromatic N) is 2. The number of benzene rings is 1. The molecule has 1 heterocycles. The molecular weight excluding hydrogens is 254 g/mol. The molecule has 0 fully saturated rings. The van der Waals surface area contributed by atoms with Crippen molar-refractivity contribution in [2.75, 3.05) is 17.3 Å². The molecule has 0 atom stereocenters. The Morgan fingerprint density at radius 2 is 1.65 bits per heavy atom. The predicted molar refractivity (Wildman–Crippen MR) is 77.7 cm³/mol. The summed E-state index contributed by atoms with van der Waals surface area (Å²) in [5.74, 6) is -0.237. The summed E-state index contributed by atoms with van der Waals surface area (Å²) in [4.78, 5) is 28.6. The predicted octanol–water partition coefficient (Wildman–Crippen LogP) is 2.32. The molecule has 0 aliphatic heterocycles. The number of nitrogens with one attached hydrogen (secondary N) is 1. The number of carbonyl (C=O) groups is 2. The number of hydrogen-bond acceptors (Lipinski definition) is 3. The van der Waals surface area contributed by atoms with Gasteiger partial charge in [-0.15, -0.1) is 0 Å². The van der Waals surface area contributed by atoms with Gasteiger partial charge in [-0.3, -0.25) is 14.6 Å². The van der Waals surface area contributed by atoms with E-state index in [1.54, 1.807) is 55.8 Å². The van der Waals surface area contributed by atoms with Crippen molar-refractivity contribution in [2.45, 2.75) is 6.92 Å². The summed E-state index contributed by atoms with van der Waals surface area (Å²) < 4.78 is 0. The van der Waals surface area contributed by atoms with Gasteiger partial charge in [0.05, 0.1) is 0 Å². The Bertz CT molecular complexity index is 609. The number of carbonyl (C=O) groups excluding carboxylic acids is 2. The van der Waals surface area contributed by atoms with Gasteiger partial charge in [-0.1, -0.05) is 0 Å². The molecule has 0 spiro atoms. The molecule has 0 radical (unpaired) electrons. The third kappa shape index (κ3) is 3.20. The molecule has 0 saturated carbocycles. The number of aromatic nitrogens is 1. The Balaban J connectivity index is 2.08. The first-order valence-electron chi connectivity index (χ1n) is 6.13. The van der Waals surface area contributed by atoms with E-state index in [0.29, 0.717) is 11.3 Å². The second-order valence-electron chi connectivity index (χ2n) is 4.31. The highest BCUT2D eigenvalue weighted by Crippen LogP contribution is 2.17. The van der Waals surface area contributed by atoms with Gasteiger partial charge in [-0.2, -0.15) is 0 Å². The van der Waals surface area contributed by atoms with Crippen LogP contribution in [0.15, 0.2) is 48.8 Å². The van der Waals surface area contributed by atoms with Gasteiger partial charge < -0.3 is 10.2 Å². The van der Waals surface area contributed by atoms with Crippen LogP contribution in [0.5, 0.6) is 0 Å². The zero-order valence-electron chi connectivity index (χ0n) is 11.3. The number of amides is 2. The topological polar surface area (TPSA) is 62.3 Å². The van der Waals surface area contributed by atoms with Gasteiger partial charge in [0.1, 0.15) is 0 Å². The van der Waals surface area contributed by atoms with Crippen LogP contribution < -0.4 is 10.2 Å². The minimum absolute atomic E-state index is 0.0430. The van der Waals surface area contributed by atoms with Crippen molar-refractivity contribution in [3.63, 3.8) is 0 Å². The standard InChI is InChI=1S/C15H15N3O2/c1-11(19)18(2)14-5-3-13(4-6-14)17-15(20)12-7-9-16-10-8-12/h3-10H,1-2H3,(H,17,20). The number of rotatable bonds is 3. The summed E-state index contributed by atoms with van der Waals surface area (Å²) in [6.07, 6.45) is 3.14. The quantitative estimate of drug-likeness (QED) is 0.930. The highest BCUT2D eigenvalue weighted by atomic mass is 16.2. The minimum Gasteiger partial charge on any atom is -0.322 e. The van der Waals surface area contributed by atoms with Crippen LogP contribution in [0.25, 0.3) is 0 Å². The van der Waals surface area contributed by atoms with Gasteiger partial charge in [0.2, 0.25) is 5.91 Å². The van der Waals surface area contributed by atoms with Crippen LogP contribution in [0.3, 0.4) is 0 Å². The lowest BCUT2D eigenvalue weighted by molar-refractivity contribution is -0.116.